The highest BCUT2D eigenvalue weighted by molar-refractivity contribution is 5.76. The van der Waals surface area contributed by atoms with E-state index in [9.17, 15) is 4.79 Å². The van der Waals surface area contributed by atoms with Gasteiger partial charge in [0.1, 0.15) is 0 Å². The lowest BCUT2D eigenvalue weighted by Crippen LogP contribution is -2.41. The number of nitrogens with one attached hydrogen (secondary N) is 2. The lowest BCUT2D eigenvalue weighted by Gasteiger charge is -2.23. The molecule has 1 heterocycles. The Morgan fingerprint density at radius 3 is 3.07 bits per heavy atom. The van der Waals surface area contributed by atoms with E-state index in [1.165, 1.54) is 0 Å². The Kier molecular flexibility index (Phi) is 6.31. The van der Waals surface area contributed by atoms with Crippen molar-refractivity contribution in [3.8, 4) is 0 Å². The van der Waals surface area contributed by atoms with Gasteiger partial charge < -0.3 is 21.1 Å². The molecule has 88 valence electrons. The van der Waals surface area contributed by atoms with E-state index in [1.807, 2.05) is 0 Å². The quantitative estimate of drug-likeness (QED) is 0.508. The summed E-state index contributed by atoms with van der Waals surface area (Å²) in [7, 11) is 0. The first kappa shape index (κ1) is 12.4. The molecule has 1 unspecified atom stereocenters. The number of amides is 1. The fraction of sp³-hybridized carbons (Fsp3) is 0.900. The van der Waals surface area contributed by atoms with Crippen LogP contribution in [0.1, 0.15) is 19.3 Å². The number of carbonyl (C=O) groups is 1. The highest BCUT2D eigenvalue weighted by atomic mass is 16.5. The maximum Gasteiger partial charge on any atom is 0.222 e. The lowest BCUT2D eigenvalue weighted by molar-refractivity contribution is -0.124. The van der Waals surface area contributed by atoms with E-state index in [-0.39, 0.29) is 12.0 Å². The van der Waals surface area contributed by atoms with E-state index in [0.29, 0.717) is 19.6 Å². The first-order valence-corrected chi connectivity index (χ1v) is 5.62. The molecule has 1 amide bonds. The molecule has 0 bridgehead atoms. The topological polar surface area (TPSA) is 76.4 Å². The van der Waals surface area contributed by atoms with Gasteiger partial charge in [0, 0.05) is 19.6 Å². The van der Waals surface area contributed by atoms with Crippen molar-refractivity contribution in [1.29, 1.82) is 0 Å². The van der Waals surface area contributed by atoms with Crippen LogP contribution in [0.25, 0.3) is 0 Å². The predicted molar refractivity (Wildman–Crippen MR) is 58.5 cm³/mol. The molecular formula is C10H21N3O2. The highest BCUT2D eigenvalue weighted by Crippen LogP contribution is 2.00. The lowest BCUT2D eigenvalue weighted by atomic mass is 10.2. The largest absolute Gasteiger partial charge is 0.375 e. The molecule has 1 fully saturated rings. The average molecular weight is 215 g/mol. The fourth-order valence-corrected chi connectivity index (χ4v) is 1.53. The monoisotopic (exact) mass is 215 g/mol. The molecular weight excluding hydrogens is 194 g/mol. The minimum Gasteiger partial charge on any atom is -0.375 e. The highest BCUT2D eigenvalue weighted by Gasteiger charge is 2.16. The van der Waals surface area contributed by atoms with Crippen LogP contribution >= 0.6 is 0 Å². The number of carbonyl (C=O) groups excluding carboxylic acids is 1. The van der Waals surface area contributed by atoms with Gasteiger partial charge in [0.15, 0.2) is 0 Å². The summed E-state index contributed by atoms with van der Waals surface area (Å²) >= 11 is 0. The number of morpholine rings is 1. The van der Waals surface area contributed by atoms with E-state index < -0.39 is 0 Å². The third kappa shape index (κ3) is 5.71. The summed E-state index contributed by atoms with van der Waals surface area (Å²) in [6, 6.07) is 0. The number of nitrogens with two attached hydrogens (primary N) is 1. The van der Waals surface area contributed by atoms with Gasteiger partial charge in [0.05, 0.1) is 19.1 Å². The average Bonchev–Trinajstić information content (AvgIpc) is 2.26. The molecule has 5 nitrogen and oxygen atoms in total. The summed E-state index contributed by atoms with van der Waals surface area (Å²) in [5, 5.41) is 6.06. The standard InChI is InChI=1S/C10H21N3O2/c11-3-1-2-4-13-10(14)7-9-8-12-5-6-15-9/h9,12H,1-8,11H2,(H,13,14). The van der Waals surface area contributed by atoms with E-state index >= 15 is 0 Å². The second-order valence-electron chi connectivity index (χ2n) is 3.75. The number of hydrogen-bond donors (Lipinski definition) is 3. The summed E-state index contributed by atoms with van der Waals surface area (Å²) in [6.07, 6.45) is 2.40. The van der Waals surface area contributed by atoms with Crippen LogP contribution in [0.4, 0.5) is 0 Å². The van der Waals surface area contributed by atoms with Crippen LogP contribution in [0.2, 0.25) is 0 Å². The number of rotatable bonds is 6. The van der Waals surface area contributed by atoms with Crippen molar-refractivity contribution in [2.75, 3.05) is 32.8 Å². The van der Waals surface area contributed by atoms with Crippen molar-refractivity contribution in [3.63, 3.8) is 0 Å². The minimum atomic E-state index is 0.0354. The van der Waals surface area contributed by atoms with Crippen molar-refractivity contribution in [3.05, 3.63) is 0 Å². The first-order valence-electron chi connectivity index (χ1n) is 5.62. The number of hydrogen-bond acceptors (Lipinski definition) is 4. The maximum absolute atomic E-state index is 11.4. The molecule has 5 heteroatoms. The summed E-state index contributed by atoms with van der Waals surface area (Å²) in [6.45, 7) is 3.76. The Morgan fingerprint density at radius 2 is 2.40 bits per heavy atom. The summed E-state index contributed by atoms with van der Waals surface area (Å²) in [4.78, 5) is 11.4. The third-order valence-corrected chi connectivity index (χ3v) is 2.37. The van der Waals surface area contributed by atoms with Crippen molar-refractivity contribution in [2.45, 2.75) is 25.4 Å². The Morgan fingerprint density at radius 1 is 1.53 bits per heavy atom. The summed E-state index contributed by atoms with van der Waals surface area (Å²) in [5.74, 6) is 0.0701. The Hall–Kier alpha value is -0.650. The molecule has 1 atom stereocenters. The van der Waals surface area contributed by atoms with Gasteiger partial charge in [0.2, 0.25) is 5.91 Å². The van der Waals surface area contributed by atoms with Gasteiger partial charge in [-0.1, -0.05) is 0 Å². The Bertz CT molecular complexity index is 182. The molecule has 0 saturated carbocycles. The number of ether oxygens (including phenoxy) is 1. The van der Waals surface area contributed by atoms with Crippen LogP contribution in [-0.2, 0) is 9.53 Å². The fourth-order valence-electron chi connectivity index (χ4n) is 1.53. The van der Waals surface area contributed by atoms with E-state index in [2.05, 4.69) is 10.6 Å². The van der Waals surface area contributed by atoms with Gasteiger partial charge in [0.25, 0.3) is 0 Å². The third-order valence-electron chi connectivity index (χ3n) is 2.37. The second kappa shape index (κ2) is 7.62. The van der Waals surface area contributed by atoms with E-state index in [1.54, 1.807) is 0 Å². The molecule has 1 saturated heterocycles. The van der Waals surface area contributed by atoms with Crippen molar-refractivity contribution in [1.82, 2.24) is 10.6 Å². The molecule has 0 spiro atoms. The molecule has 15 heavy (non-hydrogen) atoms. The first-order chi connectivity index (χ1) is 7.33. The zero-order valence-corrected chi connectivity index (χ0v) is 9.13. The van der Waals surface area contributed by atoms with E-state index in [0.717, 1.165) is 32.5 Å². The summed E-state index contributed by atoms with van der Waals surface area (Å²) < 4.78 is 5.43. The zero-order chi connectivity index (χ0) is 10.9. The van der Waals surface area contributed by atoms with Crippen LogP contribution in [0.3, 0.4) is 0 Å². The molecule has 0 aromatic rings. The molecule has 0 radical (unpaired) electrons. The van der Waals surface area contributed by atoms with Crippen molar-refractivity contribution < 1.29 is 9.53 Å². The second-order valence-corrected chi connectivity index (χ2v) is 3.75. The van der Waals surface area contributed by atoms with Crippen LogP contribution in [0.5, 0.6) is 0 Å². The molecule has 4 N–H and O–H groups in total. The normalized spacial score (nSPS) is 21.3. The summed E-state index contributed by atoms with van der Waals surface area (Å²) in [5.41, 5.74) is 5.35. The SMILES string of the molecule is NCCCCNC(=O)CC1CNCCO1. The molecule has 0 aromatic carbocycles. The van der Waals surface area contributed by atoms with E-state index in [4.69, 9.17) is 10.5 Å². The molecule has 1 rings (SSSR count). The van der Waals surface area contributed by atoms with Crippen molar-refractivity contribution in [2.24, 2.45) is 5.73 Å². The Labute approximate surface area is 90.7 Å². The van der Waals surface area contributed by atoms with Gasteiger partial charge in [-0.15, -0.1) is 0 Å². The maximum atomic E-state index is 11.4. The van der Waals surface area contributed by atoms with Crippen molar-refractivity contribution >= 4 is 5.91 Å². The predicted octanol–water partition coefficient (Wildman–Crippen LogP) is -0.780. The van der Waals surface area contributed by atoms with Gasteiger partial charge in [-0.05, 0) is 19.4 Å². The number of unbranched alkanes of at least 4 members (excludes halogenated alkanes) is 1. The van der Waals surface area contributed by atoms with Crippen LogP contribution in [0, 0.1) is 0 Å². The smallest absolute Gasteiger partial charge is 0.222 e. The zero-order valence-electron chi connectivity index (χ0n) is 9.13. The van der Waals surface area contributed by atoms with Crippen LogP contribution < -0.4 is 16.4 Å². The van der Waals surface area contributed by atoms with Gasteiger partial charge in [-0.3, -0.25) is 4.79 Å². The van der Waals surface area contributed by atoms with Crippen LogP contribution in [-0.4, -0.2) is 44.8 Å². The molecule has 0 aliphatic carbocycles. The van der Waals surface area contributed by atoms with Crippen LogP contribution in [0.15, 0.2) is 0 Å². The molecule has 1 aliphatic heterocycles. The molecule has 1 aliphatic rings. The molecule has 0 aromatic heterocycles. The minimum absolute atomic E-state index is 0.0354. The van der Waals surface area contributed by atoms with Gasteiger partial charge >= 0.3 is 0 Å². The van der Waals surface area contributed by atoms with Gasteiger partial charge in [-0.2, -0.15) is 0 Å². The Balaban J connectivity index is 2.01. The van der Waals surface area contributed by atoms with Gasteiger partial charge in [-0.25, -0.2) is 0 Å².